The van der Waals surface area contributed by atoms with Crippen LogP contribution in [0.4, 0.5) is 8.78 Å². The Hall–Kier alpha value is -2.02. The third-order valence-corrected chi connectivity index (χ3v) is 5.83. The molecule has 27 heavy (non-hydrogen) atoms. The highest BCUT2D eigenvalue weighted by Gasteiger charge is 2.52. The molecule has 7 heteroatoms. The molecule has 1 saturated heterocycles. The summed E-state index contributed by atoms with van der Waals surface area (Å²) in [6, 6.07) is 3.09. The number of piperidine rings is 1. The van der Waals surface area contributed by atoms with Gasteiger partial charge in [-0.05, 0) is 37.0 Å². The van der Waals surface area contributed by atoms with Crippen molar-refractivity contribution in [3.63, 3.8) is 0 Å². The average Bonchev–Trinajstić information content (AvgIpc) is 2.64. The van der Waals surface area contributed by atoms with Crippen molar-refractivity contribution in [2.75, 3.05) is 20.3 Å². The molecule has 5 nitrogen and oxygen atoms in total. The molecule has 1 N–H and O–H groups in total. The number of ether oxygens (including phenoxy) is 1. The van der Waals surface area contributed by atoms with Crippen molar-refractivity contribution in [1.82, 2.24) is 10.2 Å². The first-order chi connectivity index (χ1) is 13.0. The quantitative estimate of drug-likeness (QED) is 0.826. The van der Waals surface area contributed by atoms with Crippen LogP contribution in [0.5, 0.6) is 0 Å². The van der Waals surface area contributed by atoms with Crippen molar-refractivity contribution >= 4 is 11.8 Å². The molecule has 1 aliphatic carbocycles. The molecule has 148 valence electrons. The van der Waals surface area contributed by atoms with E-state index in [1.54, 1.807) is 12.0 Å². The summed E-state index contributed by atoms with van der Waals surface area (Å²) in [6.07, 6.45) is 4.27. The maximum absolute atomic E-state index is 13.4. The number of methoxy groups -OCH3 is 1. The molecule has 1 aromatic carbocycles. The predicted octanol–water partition coefficient (Wildman–Crippen LogP) is 2.78. The lowest BCUT2D eigenvalue weighted by molar-refractivity contribution is -0.156. The Kier molecular flexibility index (Phi) is 6.09. The monoisotopic (exact) mass is 380 g/mol. The highest BCUT2D eigenvalue weighted by molar-refractivity contribution is 5.88. The largest absolute Gasteiger partial charge is 0.383 e. The third-order valence-electron chi connectivity index (χ3n) is 5.83. The number of carbonyl (C=O) groups is 2. The fraction of sp³-hybridized carbons (Fsp3) is 0.600. The van der Waals surface area contributed by atoms with Gasteiger partial charge in [0.1, 0.15) is 11.6 Å². The van der Waals surface area contributed by atoms with Crippen LogP contribution in [0.1, 0.15) is 44.1 Å². The summed E-state index contributed by atoms with van der Waals surface area (Å²) in [4.78, 5) is 27.4. The van der Waals surface area contributed by atoms with Crippen molar-refractivity contribution in [3.05, 3.63) is 35.4 Å². The van der Waals surface area contributed by atoms with Crippen molar-refractivity contribution in [2.45, 2.75) is 51.1 Å². The predicted molar refractivity (Wildman–Crippen MR) is 95.7 cm³/mol. The number of carbonyl (C=O) groups excluding carboxylic acids is 2. The number of hydrogen-bond donors (Lipinski definition) is 1. The lowest BCUT2D eigenvalue weighted by Crippen LogP contribution is -2.62. The zero-order valence-electron chi connectivity index (χ0n) is 15.6. The standard InChI is InChI=1S/C20H26F2N2O3/c1-27-9-8-24-17-4-2-3-6-20(17,7-5-18(24)25)19(26)23-13-14-10-15(21)12-16(22)11-14/h10-12,17H,2-9,13H2,1H3,(H,23,26)/t17-,20-/m1/s1. The minimum absolute atomic E-state index is 0.0635. The highest BCUT2D eigenvalue weighted by atomic mass is 19.1. The molecular weight excluding hydrogens is 354 g/mol. The van der Waals surface area contributed by atoms with Gasteiger partial charge in [-0.15, -0.1) is 0 Å². The Bertz CT molecular complexity index is 692. The highest BCUT2D eigenvalue weighted by Crippen LogP contribution is 2.46. The van der Waals surface area contributed by atoms with Crippen LogP contribution in [-0.2, 0) is 20.9 Å². The lowest BCUT2D eigenvalue weighted by atomic mass is 9.64. The molecule has 0 aromatic heterocycles. The Balaban J connectivity index is 1.76. The number of likely N-dealkylation sites (tertiary alicyclic amines) is 1. The van der Waals surface area contributed by atoms with Gasteiger partial charge in [0, 0.05) is 38.7 Å². The number of nitrogens with zero attached hydrogens (tertiary/aromatic N) is 1. The van der Waals surface area contributed by atoms with Crippen LogP contribution >= 0.6 is 0 Å². The van der Waals surface area contributed by atoms with Crippen LogP contribution in [0.25, 0.3) is 0 Å². The molecular formula is C20H26F2N2O3. The van der Waals surface area contributed by atoms with E-state index in [2.05, 4.69) is 5.32 Å². The van der Waals surface area contributed by atoms with Gasteiger partial charge in [-0.25, -0.2) is 8.78 Å². The molecule has 0 bridgehead atoms. The fourth-order valence-electron chi connectivity index (χ4n) is 4.53. The maximum atomic E-state index is 13.4. The van der Waals surface area contributed by atoms with Gasteiger partial charge in [0.15, 0.2) is 0 Å². The molecule has 2 aliphatic rings. The Morgan fingerprint density at radius 3 is 2.70 bits per heavy atom. The van der Waals surface area contributed by atoms with E-state index < -0.39 is 17.0 Å². The molecule has 0 radical (unpaired) electrons. The minimum Gasteiger partial charge on any atom is -0.383 e. The number of benzene rings is 1. The van der Waals surface area contributed by atoms with Crippen LogP contribution < -0.4 is 5.32 Å². The van der Waals surface area contributed by atoms with E-state index in [1.165, 1.54) is 12.1 Å². The van der Waals surface area contributed by atoms with Crippen LogP contribution in [0.2, 0.25) is 0 Å². The summed E-state index contributed by atoms with van der Waals surface area (Å²) in [6.45, 7) is 0.973. The number of halogens is 2. The number of amides is 2. The van der Waals surface area contributed by atoms with Crippen molar-refractivity contribution < 1.29 is 23.1 Å². The summed E-state index contributed by atoms with van der Waals surface area (Å²) in [5, 5.41) is 2.86. The van der Waals surface area contributed by atoms with E-state index in [0.29, 0.717) is 31.6 Å². The molecule has 1 saturated carbocycles. The van der Waals surface area contributed by atoms with Crippen LogP contribution in [0, 0.1) is 17.0 Å². The normalized spacial score (nSPS) is 25.2. The van der Waals surface area contributed by atoms with E-state index in [1.807, 2.05) is 0 Å². The molecule has 1 aliphatic heterocycles. The van der Waals surface area contributed by atoms with E-state index >= 15 is 0 Å². The summed E-state index contributed by atoms with van der Waals surface area (Å²) in [5.41, 5.74) is -0.251. The minimum atomic E-state index is -0.665. The second-order valence-corrected chi connectivity index (χ2v) is 7.46. The van der Waals surface area contributed by atoms with Crippen molar-refractivity contribution in [1.29, 1.82) is 0 Å². The fourth-order valence-corrected chi connectivity index (χ4v) is 4.53. The van der Waals surface area contributed by atoms with Crippen LogP contribution in [-0.4, -0.2) is 43.0 Å². The van der Waals surface area contributed by atoms with Crippen molar-refractivity contribution in [2.24, 2.45) is 5.41 Å². The van der Waals surface area contributed by atoms with Gasteiger partial charge >= 0.3 is 0 Å². The average molecular weight is 380 g/mol. The van der Waals surface area contributed by atoms with Crippen LogP contribution in [0.3, 0.4) is 0 Å². The molecule has 0 spiro atoms. The van der Waals surface area contributed by atoms with Gasteiger partial charge in [0.25, 0.3) is 0 Å². The molecule has 0 unspecified atom stereocenters. The zero-order valence-corrected chi connectivity index (χ0v) is 15.6. The summed E-state index contributed by atoms with van der Waals surface area (Å²) >= 11 is 0. The molecule has 1 heterocycles. The van der Waals surface area contributed by atoms with Crippen molar-refractivity contribution in [3.8, 4) is 0 Å². The molecule has 1 aromatic rings. The smallest absolute Gasteiger partial charge is 0.228 e. The second kappa shape index (κ2) is 8.33. The third kappa shape index (κ3) is 4.13. The van der Waals surface area contributed by atoms with Gasteiger partial charge in [0.2, 0.25) is 11.8 Å². The van der Waals surface area contributed by atoms with Gasteiger partial charge in [-0.2, -0.15) is 0 Å². The first-order valence-electron chi connectivity index (χ1n) is 9.48. The van der Waals surface area contributed by atoms with E-state index in [9.17, 15) is 18.4 Å². The molecule has 3 rings (SSSR count). The first kappa shape index (κ1) is 19.7. The number of nitrogens with one attached hydrogen (secondary N) is 1. The van der Waals surface area contributed by atoms with E-state index in [-0.39, 0.29) is 24.4 Å². The summed E-state index contributed by atoms with van der Waals surface area (Å²) in [7, 11) is 1.59. The summed E-state index contributed by atoms with van der Waals surface area (Å²) < 4.78 is 31.9. The summed E-state index contributed by atoms with van der Waals surface area (Å²) in [5.74, 6) is -1.40. The lowest BCUT2D eigenvalue weighted by Gasteiger charge is -2.51. The topological polar surface area (TPSA) is 58.6 Å². The second-order valence-electron chi connectivity index (χ2n) is 7.46. The Morgan fingerprint density at radius 1 is 1.26 bits per heavy atom. The van der Waals surface area contributed by atoms with E-state index in [0.717, 1.165) is 31.7 Å². The maximum Gasteiger partial charge on any atom is 0.228 e. The molecule has 2 fully saturated rings. The number of hydrogen-bond acceptors (Lipinski definition) is 3. The van der Waals surface area contributed by atoms with Gasteiger partial charge in [-0.1, -0.05) is 12.8 Å². The van der Waals surface area contributed by atoms with Gasteiger partial charge in [0.05, 0.1) is 12.0 Å². The number of fused-ring (bicyclic) bond motifs is 1. The Labute approximate surface area is 158 Å². The first-order valence-corrected chi connectivity index (χ1v) is 9.48. The van der Waals surface area contributed by atoms with E-state index in [4.69, 9.17) is 4.74 Å². The number of rotatable bonds is 6. The zero-order chi connectivity index (χ0) is 19.4. The van der Waals surface area contributed by atoms with Crippen LogP contribution in [0.15, 0.2) is 18.2 Å². The SMILES string of the molecule is COCCN1C(=O)CC[C@]2(C(=O)NCc3cc(F)cc(F)c3)CCCC[C@@H]12. The van der Waals surface area contributed by atoms with Gasteiger partial charge < -0.3 is 15.0 Å². The molecule has 2 atom stereocenters. The van der Waals surface area contributed by atoms with Gasteiger partial charge in [-0.3, -0.25) is 9.59 Å². The molecule has 2 amide bonds. The Morgan fingerprint density at radius 2 is 2.00 bits per heavy atom.